The second-order valence-electron chi connectivity index (χ2n) is 5.14. The van der Waals surface area contributed by atoms with Crippen molar-refractivity contribution in [3.05, 3.63) is 48.3 Å². The summed E-state index contributed by atoms with van der Waals surface area (Å²) in [6.07, 6.45) is 13.7. The number of hydrogen-bond acceptors (Lipinski definition) is 4. The normalized spacial score (nSPS) is 16.2. The highest BCUT2D eigenvalue weighted by Crippen LogP contribution is 2.30. The molecule has 1 fully saturated rings. The average molecular weight is 270 g/mol. The van der Waals surface area contributed by atoms with E-state index in [-0.39, 0.29) is 0 Å². The number of aliphatic imine (C=N–C) groups is 1. The Morgan fingerprint density at radius 1 is 1.30 bits per heavy atom. The third kappa shape index (κ3) is 4.30. The molecule has 0 radical (unpaired) electrons. The van der Waals surface area contributed by atoms with E-state index in [1.54, 1.807) is 12.3 Å². The molecule has 1 heterocycles. The van der Waals surface area contributed by atoms with E-state index >= 15 is 0 Å². The highest BCUT2D eigenvalue weighted by atomic mass is 14.9. The van der Waals surface area contributed by atoms with Crippen LogP contribution in [0, 0.1) is 0 Å². The maximum Gasteiger partial charge on any atom is 0.0777 e. The van der Waals surface area contributed by atoms with Gasteiger partial charge >= 0.3 is 0 Å². The highest BCUT2D eigenvalue weighted by Gasteiger charge is 2.16. The number of hydrogen-bond donors (Lipinski definition) is 1. The summed E-state index contributed by atoms with van der Waals surface area (Å²) in [7, 11) is 0. The molecule has 1 aliphatic rings. The van der Waals surface area contributed by atoms with Gasteiger partial charge in [0, 0.05) is 24.0 Å². The zero-order valence-electron chi connectivity index (χ0n) is 11.9. The summed E-state index contributed by atoms with van der Waals surface area (Å²) in [5.41, 5.74) is 2.85. The molecule has 4 nitrogen and oxygen atoms in total. The van der Waals surface area contributed by atoms with Gasteiger partial charge in [0.15, 0.2) is 0 Å². The molecule has 106 valence electrons. The molecule has 0 atom stereocenters. The van der Waals surface area contributed by atoms with Crippen LogP contribution in [0.25, 0.3) is 0 Å². The third-order valence-electron chi connectivity index (χ3n) is 3.63. The Balaban J connectivity index is 1.86. The quantitative estimate of drug-likeness (QED) is 0.637. The van der Waals surface area contributed by atoms with Crippen molar-refractivity contribution in [3.63, 3.8) is 0 Å². The summed E-state index contributed by atoms with van der Waals surface area (Å²) in [5, 5.41) is 3.16. The molecule has 1 aromatic heterocycles. The molecule has 0 spiro atoms. The van der Waals surface area contributed by atoms with Gasteiger partial charge in [-0.2, -0.15) is 0 Å². The van der Waals surface area contributed by atoms with Gasteiger partial charge in [-0.15, -0.1) is 0 Å². The van der Waals surface area contributed by atoms with Crippen LogP contribution in [0.15, 0.2) is 41.9 Å². The smallest absolute Gasteiger partial charge is 0.0777 e. The van der Waals surface area contributed by atoms with Crippen LogP contribution < -0.4 is 5.32 Å². The Hall–Kier alpha value is -1.97. The van der Waals surface area contributed by atoms with Crippen molar-refractivity contribution in [2.75, 3.05) is 0 Å². The van der Waals surface area contributed by atoms with E-state index in [1.807, 2.05) is 12.4 Å². The standard InChI is InChI=1S/C16H22N4/c1-13(8-9-17-2)18-10-15-11-20-16(12-19-15)14-6-4-3-5-7-14/h8-9,11-12,14,18H,1-7,10H2/b9-8-. The average Bonchev–Trinajstić information content (AvgIpc) is 2.52. The number of rotatable bonds is 6. The van der Waals surface area contributed by atoms with Crippen molar-refractivity contribution in [2.24, 2.45) is 4.99 Å². The van der Waals surface area contributed by atoms with Gasteiger partial charge in [0.05, 0.1) is 24.1 Å². The summed E-state index contributed by atoms with van der Waals surface area (Å²) in [6.45, 7) is 7.86. The maximum atomic E-state index is 4.56. The Morgan fingerprint density at radius 2 is 2.10 bits per heavy atom. The van der Waals surface area contributed by atoms with Gasteiger partial charge in [-0.1, -0.05) is 25.8 Å². The summed E-state index contributed by atoms with van der Waals surface area (Å²) in [6, 6.07) is 0. The van der Waals surface area contributed by atoms with Crippen molar-refractivity contribution >= 4 is 6.72 Å². The van der Waals surface area contributed by atoms with Crippen molar-refractivity contribution in [1.29, 1.82) is 0 Å². The second kappa shape index (κ2) is 7.58. The summed E-state index contributed by atoms with van der Waals surface area (Å²) in [4.78, 5) is 12.7. The van der Waals surface area contributed by atoms with Crippen molar-refractivity contribution in [2.45, 2.75) is 44.6 Å². The van der Waals surface area contributed by atoms with Crippen LogP contribution in [0.3, 0.4) is 0 Å². The molecular formula is C16H22N4. The fourth-order valence-corrected chi connectivity index (χ4v) is 2.47. The number of aromatic nitrogens is 2. The van der Waals surface area contributed by atoms with E-state index in [0.29, 0.717) is 12.5 Å². The van der Waals surface area contributed by atoms with E-state index in [4.69, 9.17) is 0 Å². The van der Waals surface area contributed by atoms with Crippen LogP contribution in [-0.4, -0.2) is 16.7 Å². The zero-order chi connectivity index (χ0) is 14.2. The summed E-state index contributed by atoms with van der Waals surface area (Å²) in [5.74, 6) is 0.606. The molecule has 20 heavy (non-hydrogen) atoms. The predicted octanol–water partition coefficient (Wildman–Crippen LogP) is 3.34. The monoisotopic (exact) mass is 270 g/mol. The largest absolute Gasteiger partial charge is 0.380 e. The molecule has 0 unspecified atom stereocenters. The zero-order valence-corrected chi connectivity index (χ0v) is 11.9. The first-order valence-corrected chi connectivity index (χ1v) is 7.15. The van der Waals surface area contributed by atoms with Gasteiger partial charge in [-0.3, -0.25) is 15.0 Å². The van der Waals surface area contributed by atoms with Crippen molar-refractivity contribution in [3.8, 4) is 0 Å². The molecule has 4 heteroatoms. The Bertz CT molecular complexity index is 470. The van der Waals surface area contributed by atoms with Crippen LogP contribution in [0.4, 0.5) is 0 Å². The molecule has 1 aliphatic carbocycles. The Labute approximate surface area is 120 Å². The minimum Gasteiger partial charge on any atom is -0.380 e. The molecule has 0 bridgehead atoms. The maximum absolute atomic E-state index is 4.56. The first kappa shape index (κ1) is 14.4. The lowest BCUT2D eigenvalue weighted by atomic mass is 9.87. The molecule has 0 aromatic carbocycles. The van der Waals surface area contributed by atoms with Gasteiger partial charge in [-0.05, 0) is 25.6 Å². The number of allylic oxidation sites excluding steroid dienone is 1. The van der Waals surface area contributed by atoms with Crippen molar-refractivity contribution in [1.82, 2.24) is 15.3 Å². The van der Waals surface area contributed by atoms with E-state index in [9.17, 15) is 0 Å². The fourth-order valence-electron chi connectivity index (χ4n) is 2.47. The van der Waals surface area contributed by atoms with Crippen LogP contribution in [0.5, 0.6) is 0 Å². The van der Waals surface area contributed by atoms with E-state index < -0.39 is 0 Å². The molecule has 0 aliphatic heterocycles. The van der Waals surface area contributed by atoms with Crippen molar-refractivity contribution < 1.29 is 0 Å². The molecule has 1 saturated carbocycles. The minimum absolute atomic E-state index is 0.606. The van der Waals surface area contributed by atoms with Crippen LogP contribution >= 0.6 is 0 Å². The Kier molecular flexibility index (Phi) is 5.47. The summed E-state index contributed by atoms with van der Waals surface area (Å²) < 4.78 is 0. The molecule has 1 aromatic rings. The number of nitrogens with one attached hydrogen (secondary N) is 1. The van der Waals surface area contributed by atoms with Gasteiger partial charge in [0.2, 0.25) is 0 Å². The van der Waals surface area contributed by atoms with E-state index in [2.05, 4.69) is 33.6 Å². The van der Waals surface area contributed by atoms with Crippen LogP contribution in [0.1, 0.15) is 49.4 Å². The molecule has 2 rings (SSSR count). The van der Waals surface area contributed by atoms with Gasteiger partial charge in [0.25, 0.3) is 0 Å². The lowest BCUT2D eigenvalue weighted by Crippen LogP contribution is -2.13. The molecule has 0 saturated heterocycles. The van der Waals surface area contributed by atoms with Gasteiger partial charge in [-0.25, -0.2) is 0 Å². The van der Waals surface area contributed by atoms with Gasteiger partial charge < -0.3 is 5.32 Å². The van der Waals surface area contributed by atoms with E-state index in [0.717, 1.165) is 17.1 Å². The first-order chi connectivity index (χ1) is 9.79. The van der Waals surface area contributed by atoms with Crippen LogP contribution in [-0.2, 0) is 6.54 Å². The first-order valence-electron chi connectivity index (χ1n) is 7.15. The third-order valence-corrected chi connectivity index (χ3v) is 3.63. The predicted molar refractivity (Wildman–Crippen MR) is 82.5 cm³/mol. The minimum atomic E-state index is 0.606. The SMILES string of the molecule is C=N/C=C\C(=C)NCc1cnc(C2CCCCC2)cn1. The Morgan fingerprint density at radius 3 is 2.75 bits per heavy atom. The number of nitrogens with zero attached hydrogens (tertiary/aromatic N) is 3. The lowest BCUT2D eigenvalue weighted by Gasteiger charge is -2.20. The van der Waals surface area contributed by atoms with E-state index in [1.165, 1.54) is 32.1 Å². The van der Waals surface area contributed by atoms with Crippen LogP contribution in [0.2, 0.25) is 0 Å². The fraction of sp³-hybridized carbons (Fsp3) is 0.438. The van der Waals surface area contributed by atoms with Gasteiger partial charge in [0.1, 0.15) is 0 Å². The molecule has 0 amide bonds. The molecular weight excluding hydrogens is 248 g/mol. The lowest BCUT2D eigenvalue weighted by molar-refractivity contribution is 0.435. The summed E-state index contributed by atoms with van der Waals surface area (Å²) >= 11 is 0. The topological polar surface area (TPSA) is 50.2 Å². The highest BCUT2D eigenvalue weighted by molar-refractivity contribution is 5.27. The molecule has 1 N–H and O–H groups in total. The second-order valence-corrected chi connectivity index (χ2v) is 5.14.